The van der Waals surface area contributed by atoms with Crippen LogP contribution in [0.5, 0.6) is 0 Å². The Morgan fingerprint density at radius 3 is 2.61 bits per heavy atom. The van der Waals surface area contributed by atoms with E-state index >= 15 is 0 Å². The van der Waals surface area contributed by atoms with Crippen LogP contribution in [0.4, 0.5) is 30.8 Å². The fourth-order valence-corrected chi connectivity index (χ4v) is 1.68. The first-order chi connectivity index (χ1) is 10.9. The number of nitrogen functional groups attached to an aromatic ring is 1. The maximum Gasteiger partial charge on any atom is 0.433 e. The molecule has 0 aliphatic carbocycles. The number of aromatic nitrogens is 5. The Hall–Kier alpha value is -3.24. The van der Waals surface area contributed by atoms with Gasteiger partial charge in [-0.25, -0.2) is 4.98 Å². The van der Waals surface area contributed by atoms with Crippen LogP contribution in [-0.2, 0) is 6.18 Å². The van der Waals surface area contributed by atoms with Gasteiger partial charge >= 0.3 is 6.18 Å². The highest BCUT2D eigenvalue weighted by Gasteiger charge is 2.32. The molecule has 11 heteroatoms. The van der Waals surface area contributed by atoms with Crippen LogP contribution in [0.1, 0.15) is 5.69 Å². The summed E-state index contributed by atoms with van der Waals surface area (Å²) in [7, 11) is 0. The number of halogens is 3. The molecule has 3 N–H and O–H groups in total. The molecule has 0 fully saturated rings. The molecule has 0 aliphatic heterocycles. The van der Waals surface area contributed by atoms with E-state index in [1.807, 2.05) is 0 Å². The molecular weight excluding hydrogens is 315 g/mol. The van der Waals surface area contributed by atoms with Crippen molar-refractivity contribution in [3.63, 3.8) is 0 Å². The molecular formula is C12H8F3N7O. The quantitative estimate of drug-likeness (QED) is 0.754. The Balaban J connectivity index is 1.98. The van der Waals surface area contributed by atoms with Crippen LogP contribution in [-0.4, -0.2) is 25.1 Å². The van der Waals surface area contributed by atoms with Crippen LogP contribution in [0.2, 0.25) is 0 Å². The minimum Gasteiger partial charge on any atom is -0.368 e. The Morgan fingerprint density at radius 1 is 1.09 bits per heavy atom. The summed E-state index contributed by atoms with van der Waals surface area (Å²) < 4.78 is 42.8. The van der Waals surface area contributed by atoms with E-state index in [1.54, 1.807) is 0 Å². The number of hydrogen-bond donors (Lipinski definition) is 2. The topological polar surface area (TPSA) is 116 Å². The molecule has 0 aliphatic rings. The molecule has 23 heavy (non-hydrogen) atoms. The highest BCUT2D eigenvalue weighted by molar-refractivity contribution is 5.57. The maximum atomic E-state index is 12.7. The third-order valence-corrected chi connectivity index (χ3v) is 2.61. The van der Waals surface area contributed by atoms with Gasteiger partial charge in [0, 0.05) is 0 Å². The fourth-order valence-electron chi connectivity index (χ4n) is 1.68. The third kappa shape index (κ3) is 3.33. The van der Waals surface area contributed by atoms with Gasteiger partial charge in [0.05, 0.1) is 6.20 Å². The van der Waals surface area contributed by atoms with Crippen LogP contribution in [0.3, 0.4) is 0 Å². The van der Waals surface area contributed by atoms with Crippen LogP contribution in [0.25, 0.3) is 11.5 Å². The SMILES string of the molecule is Nc1nc(Nc2cnoc2)nc(-c2cccc(C(F)(F)F)n2)n1. The summed E-state index contributed by atoms with van der Waals surface area (Å²) in [5.41, 5.74) is 4.87. The lowest BCUT2D eigenvalue weighted by Gasteiger charge is -2.08. The largest absolute Gasteiger partial charge is 0.433 e. The van der Waals surface area contributed by atoms with Gasteiger partial charge < -0.3 is 15.6 Å². The van der Waals surface area contributed by atoms with Gasteiger partial charge in [0.25, 0.3) is 0 Å². The number of nitrogens with zero attached hydrogens (tertiary/aromatic N) is 5. The number of anilines is 3. The molecule has 3 rings (SSSR count). The molecule has 8 nitrogen and oxygen atoms in total. The number of hydrogen-bond acceptors (Lipinski definition) is 8. The molecule has 3 aromatic heterocycles. The van der Waals surface area contributed by atoms with Crippen molar-refractivity contribution in [2.45, 2.75) is 6.18 Å². The number of pyridine rings is 1. The van der Waals surface area contributed by atoms with Crippen molar-refractivity contribution in [3.8, 4) is 11.5 Å². The second-order valence-corrected chi connectivity index (χ2v) is 4.28. The van der Waals surface area contributed by atoms with Gasteiger partial charge in [0.2, 0.25) is 11.9 Å². The minimum absolute atomic E-state index is 0.0231. The summed E-state index contributed by atoms with van der Waals surface area (Å²) in [6, 6.07) is 3.40. The zero-order chi connectivity index (χ0) is 16.4. The molecule has 0 saturated heterocycles. The average molecular weight is 323 g/mol. The Kier molecular flexibility index (Phi) is 3.52. The van der Waals surface area contributed by atoms with E-state index in [0.717, 1.165) is 6.07 Å². The van der Waals surface area contributed by atoms with Crippen LogP contribution in [0.15, 0.2) is 35.2 Å². The van der Waals surface area contributed by atoms with E-state index in [0.29, 0.717) is 5.69 Å². The van der Waals surface area contributed by atoms with E-state index in [-0.39, 0.29) is 23.4 Å². The average Bonchev–Trinajstić information content (AvgIpc) is 2.99. The van der Waals surface area contributed by atoms with Crippen molar-refractivity contribution < 1.29 is 17.7 Å². The number of alkyl halides is 3. The van der Waals surface area contributed by atoms with Gasteiger partial charge in [0.15, 0.2) is 5.82 Å². The van der Waals surface area contributed by atoms with Crippen molar-refractivity contribution in [3.05, 3.63) is 36.4 Å². The zero-order valence-corrected chi connectivity index (χ0v) is 11.2. The smallest absolute Gasteiger partial charge is 0.368 e. The van der Waals surface area contributed by atoms with E-state index in [2.05, 4.69) is 34.9 Å². The molecule has 0 bridgehead atoms. The first kappa shape index (κ1) is 14.7. The Bertz CT molecular complexity index is 820. The summed E-state index contributed by atoms with van der Waals surface area (Å²) in [5, 5.41) is 6.21. The van der Waals surface area contributed by atoms with Crippen molar-refractivity contribution in [2.75, 3.05) is 11.1 Å². The lowest BCUT2D eigenvalue weighted by atomic mass is 10.3. The van der Waals surface area contributed by atoms with Crippen molar-refractivity contribution in [1.29, 1.82) is 0 Å². The minimum atomic E-state index is -4.57. The molecule has 3 heterocycles. The van der Waals surface area contributed by atoms with Gasteiger partial charge in [-0.2, -0.15) is 28.1 Å². The number of nitrogens with two attached hydrogens (primary N) is 1. The predicted molar refractivity (Wildman–Crippen MR) is 72.3 cm³/mol. The molecule has 0 radical (unpaired) electrons. The molecule has 0 spiro atoms. The van der Waals surface area contributed by atoms with Crippen molar-refractivity contribution >= 4 is 17.6 Å². The zero-order valence-electron chi connectivity index (χ0n) is 11.2. The van der Waals surface area contributed by atoms with E-state index in [9.17, 15) is 13.2 Å². The molecule has 0 unspecified atom stereocenters. The Labute approximate surface area is 126 Å². The predicted octanol–water partition coefficient (Wildman–Crippen LogP) is 2.27. The van der Waals surface area contributed by atoms with Gasteiger partial charge in [0.1, 0.15) is 23.3 Å². The second kappa shape index (κ2) is 5.51. The summed E-state index contributed by atoms with van der Waals surface area (Å²) in [6.45, 7) is 0. The highest BCUT2D eigenvalue weighted by atomic mass is 19.4. The Morgan fingerprint density at radius 2 is 1.91 bits per heavy atom. The van der Waals surface area contributed by atoms with E-state index in [1.165, 1.54) is 24.6 Å². The molecule has 0 aromatic carbocycles. The summed E-state index contributed by atoms with van der Waals surface area (Å²) in [5.74, 6) is -0.245. The molecule has 0 atom stereocenters. The molecule has 3 aromatic rings. The molecule has 118 valence electrons. The number of rotatable bonds is 3. The van der Waals surface area contributed by atoms with E-state index in [4.69, 9.17) is 5.73 Å². The first-order valence-electron chi connectivity index (χ1n) is 6.14. The first-order valence-corrected chi connectivity index (χ1v) is 6.14. The third-order valence-electron chi connectivity index (χ3n) is 2.61. The highest BCUT2D eigenvalue weighted by Crippen LogP contribution is 2.29. The van der Waals surface area contributed by atoms with Gasteiger partial charge in [-0.1, -0.05) is 11.2 Å². The van der Waals surface area contributed by atoms with Crippen LogP contribution >= 0.6 is 0 Å². The lowest BCUT2D eigenvalue weighted by molar-refractivity contribution is -0.141. The monoisotopic (exact) mass is 323 g/mol. The standard InChI is InChI=1S/C12H8F3N7O/c13-12(14,15)8-3-1-2-7(19-8)9-20-10(16)22-11(21-9)18-6-4-17-23-5-6/h1-5H,(H3,16,18,20,21,22). The lowest BCUT2D eigenvalue weighted by Crippen LogP contribution is -2.10. The van der Waals surface area contributed by atoms with Crippen LogP contribution < -0.4 is 11.1 Å². The van der Waals surface area contributed by atoms with Crippen molar-refractivity contribution in [2.24, 2.45) is 0 Å². The van der Waals surface area contributed by atoms with Gasteiger partial charge in [-0.15, -0.1) is 0 Å². The van der Waals surface area contributed by atoms with Gasteiger partial charge in [-0.3, -0.25) is 0 Å². The second-order valence-electron chi connectivity index (χ2n) is 4.28. The summed E-state index contributed by atoms with van der Waals surface area (Å²) >= 11 is 0. The molecule has 0 saturated carbocycles. The van der Waals surface area contributed by atoms with E-state index < -0.39 is 11.9 Å². The summed E-state index contributed by atoms with van der Waals surface area (Å²) in [4.78, 5) is 15.1. The number of nitrogens with one attached hydrogen (secondary N) is 1. The fraction of sp³-hybridized carbons (Fsp3) is 0.0833. The van der Waals surface area contributed by atoms with Gasteiger partial charge in [-0.05, 0) is 12.1 Å². The molecule has 0 amide bonds. The maximum absolute atomic E-state index is 12.7. The van der Waals surface area contributed by atoms with Crippen molar-refractivity contribution in [1.82, 2.24) is 25.1 Å². The van der Waals surface area contributed by atoms with Crippen LogP contribution in [0, 0.1) is 0 Å². The summed E-state index contributed by atoms with van der Waals surface area (Å²) in [6.07, 6.45) is -1.91. The normalized spacial score (nSPS) is 11.4.